The fraction of sp³-hybridized carbons (Fsp3) is 0. The number of pyridine rings is 1. The van der Waals surface area contributed by atoms with Crippen LogP contribution in [0.25, 0.3) is 11.3 Å². The van der Waals surface area contributed by atoms with Crippen molar-refractivity contribution in [2.75, 3.05) is 0 Å². The molecular weight excluding hydrogens is 278 g/mol. The SMILES string of the molecule is O=C(O)/C(=N/O)c1ccc([N+](=O)[O-])c(-c2ccccc2)n1. The summed E-state index contributed by atoms with van der Waals surface area (Å²) in [5.74, 6) is -1.49. The molecule has 0 unspecified atom stereocenters. The fourth-order valence-corrected chi connectivity index (χ4v) is 1.74. The Morgan fingerprint density at radius 2 is 1.86 bits per heavy atom. The first kappa shape index (κ1) is 14.1. The fourth-order valence-electron chi connectivity index (χ4n) is 1.74. The molecule has 0 atom stereocenters. The molecule has 2 aromatic rings. The predicted molar refractivity (Wildman–Crippen MR) is 72.3 cm³/mol. The van der Waals surface area contributed by atoms with Crippen molar-refractivity contribution in [1.29, 1.82) is 0 Å². The Morgan fingerprint density at radius 1 is 1.19 bits per heavy atom. The topological polar surface area (TPSA) is 126 Å². The Bertz CT molecular complexity index is 728. The van der Waals surface area contributed by atoms with Gasteiger partial charge < -0.3 is 10.3 Å². The van der Waals surface area contributed by atoms with E-state index in [4.69, 9.17) is 10.3 Å². The van der Waals surface area contributed by atoms with Crippen molar-refractivity contribution >= 4 is 17.4 Å². The van der Waals surface area contributed by atoms with Crippen LogP contribution in [0.3, 0.4) is 0 Å². The van der Waals surface area contributed by atoms with Crippen LogP contribution < -0.4 is 0 Å². The molecule has 0 bridgehead atoms. The second-order valence-electron chi connectivity index (χ2n) is 3.94. The minimum Gasteiger partial charge on any atom is -0.476 e. The molecule has 0 amide bonds. The third-order valence-electron chi connectivity index (χ3n) is 2.66. The van der Waals surface area contributed by atoms with Gasteiger partial charge in [0, 0.05) is 11.6 Å². The zero-order chi connectivity index (χ0) is 15.4. The van der Waals surface area contributed by atoms with Gasteiger partial charge >= 0.3 is 5.97 Å². The number of aliphatic carboxylic acids is 1. The lowest BCUT2D eigenvalue weighted by molar-refractivity contribution is -0.384. The molecule has 0 spiro atoms. The summed E-state index contributed by atoms with van der Waals surface area (Å²) in [5, 5.41) is 31.3. The van der Waals surface area contributed by atoms with E-state index in [0.29, 0.717) is 5.56 Å². The van der Waals surface area contributed by atoms with Crippen LogP contribution in [0.5, 0.6) is 0 Å². The van der Waals surface area contributed by atoms with E-state index in [0.717, 1.165) is 12.1 Å². The lowest BCUT2D eigenvalue weighted by Gasteiger charge is -2.05. The standard InChI is InChI=1S/C13H9N3O5/c17-13(18)12(15-19)9-6-7-10(16(20)21)11(14-9)8-4-2-1-3-5-8/h1-7,19H,(H,17,18)/b15-12+. The minimum atomic E-state index is -1.49. The summed E-state index contributed by atoms with van der Waals surface area (Å²) in [7, 11) is 0. The average Bonchev–Trinajstić information content (AvgIpc) is 2.48. The van der Waals surface area contributed by atoms with Crippen molar-refractivity contribution in [3.8, 4) is 11.3 Å². The second-order valence-corrected chi connectivity index (χ2v) is 3.94. The lowest BCUT2D eigenvalue weighted by atomic mass is 10.1. The molecule has 106 valence electrons. The van der Waals surface area contributed by atoms with Gasteiger partial charge in [0.05, 0.1) is 4.92 Å². The van der Waals surface area contributed by atoms with Gasteiger partial charge in [-0.3, -0.25) is 10.1 Å². The monoisotopic (exact) mass is 287 g/mol. The number of carboxylic acid groups (broad SMARTS) is 1. The molecule has 8 heteroatoms. The van der Waals surface area contributed by atoms with Crippen molar-refractivity contribution in [2.45, 2.75) is 0 Å². The van der Waals surface area contributed by atoms with Crippen LogP contribution in [0.2, 0.25) is 0 Å². The first-order valence-electron chi connectivity index (χ1n) is 5.71. The molecule has 1 aromatic carbocycles. The second kappa shape index (κ2) is 5.78. The summed E-state index contributed by atoms with van der Waals surface area (Å²) >= 11 is 0. The molecule has 0 aliphatic heterocycles. The smallest absolute Gasteiger partial charge is 0.360 e. The summed E-state index contributed by atoms with van der Waals surface area (Å²) in [5.41, 5.74) is -0.682. The molecule has 8 nitrogen and oxygen atoms in total. The van der Waals surface area contributed by atoms with E-state index < -0.39 is 16.6 Å². The van der Waals surface area contributed by atoms with Gasteiger partial charge in [0.2, 0.25) is 5.71 Å². The predicted octanol–water partition coefficient (Wildman–Crippen LogP) is 1.92. The minimum absolute atomic E-state index is 0.000463. The van der Waals surface area contributed by atoms with Gasteiger partial charge in [-0.15, -0.1) is 0 Å². The van der Waals surface area contributed by atoms with Crippen molar-refractivity contribution in [3.05, 3.63) is 58.3 Å². The van der Waals surface area contributed by atoms with Crippen LogP contribution in [0, 0.1) is 10.1 Å². The van der Waals surface area contributed by atoms with E-state index in [-0.39, 0.29) is 17.1 Å². The largest absolute Gasteiger partial charge is 0.476 e. The van der Waals surface area contributed by atoms with Crippen LogP contribution in [-0.2, 0) is 4.79 Å². The lowest BCUT2D eigenvalue weighted by Crippen LogP contribution is -2.16. The Hall–Kier alpha value is -3.29. The third-order valence-corrected chi connectivity index (χ3v) is 2.66. The van der Waals surface area contributed by atoms with Gasteiger partial charge in [-0.05, 0) is 6.07 Å². The molecule has 0 fully saturated rings. The number of hydrogen-bond acceptors (Lipinski definition) is 6. The van der Waals surface area contributed by atoms with Gasteiger partial charge in [-0.1, -0.05) is 35.5 Å². The summed E-state index contributed by atoms with van der Waals surface area (Å²) < 4.78 is 0. The van der Waals surface area contributed by atoms with Crippen LogP contribution in [0.15, 0.2) is 47.6 Å². The number of nitrogens with zero attached hydrogens (tertiary/aromatic N) is 3. The highest BCUT2D eigenvalue weighted by atomic mass is 16.6. The molecule has 0 aliphatic rings. The Morgan fingerprint density at radius 3 is 2.38 bits per heavy atom. The van der Waals surface area contributed by atoms with Gasteiger partial charge in [-0.25, -0.2) is 9.78 Å². The third kappa shape index (κ3) is 2.84. The summed E-state index contributed by atoms with van der Waals surface area (Å²) in [4.78, 5) is 25.3. The molecule has 1 heterocycles. The first-order valence-corrected chi connectivity index (χ1v) is 5.71. The number of carbonyl (C=O) groups is 1. The molecule has 2 N–H and O–H groups in total. The highest BCUT2D eigenvalue weighted by Crippen LogP contribution is 2.28. The zero-order valence-corrected chi connectivity index (χ0v) is 10.5. The summed E-state index contributed by atoms with van der Waals surface area (Å²) in [6, 6.07) is 10.5. The highest BCUT2D eigenvalue weighted by Gasteiger charge is 2.22. The van der Waals surface area contributed by atoms with E-state index in [1.165, 1.54) is 0 Å². The van der Waals surface area contributed by atoms with Crippen LogP contribution in [-0.4, -0.2) is 31.9 Å². The Labute approximate surface area is 118 Å². The quantitative estimate of drug-likeness (QED) is 0.383. The molecule has 0 aliphatic carbocycles. The highest BCUT2D eigenvalue weighted by molar-refractivity contribution is 6.41. The van der Waals surface area contributed by atoms with E-state index in [1.54, 1.807) is 30.3 Å². The van der Waals surface area contributed by atoms with Gasteiger partial charge in [0.15, 0.2) is 0 Å². The molecule has 0 saturated heterocycles. The molecule has 21 heavy (non-hydrogen) atoms. The maximum Gasteiger partial charge on any atom is 0.360 e. The number of benzene rings is 1. The maximum absolute atomic E-state index is 11.0. The van der Waals surface area contributed by atoms with Gasteiger partial charge in [0.1, 0.15) is 11.4 Å². The molecule has 0 radical (unpaired) electrons. The van der Waals surface area contributed by atoms with E-state index in [1.807, 2.05) is 0 Å². The molecule has 2 rings (SSSR count). The maximum atomic E-state index is 11.0. The van der Waals surface area contributed by atoms with E-state index in [9.17, 15) is 14.9 Å². The first-order chi connectivity index (χ1) is 10.0. The van der Waals surface area contributed by atoms with E-state index >= 15 is 0 Å². The number of carboxylic acids is 1. The number of nitro groups is 1. The molecule has 1 aromatic heterocycles. The van der Waals surface area contributed by atoms with Crippen molar-refractivity contribution in [2.24, 2.45) is 5.16 Å². The van der Waals surface area contributed by atoms with Crippen molar-refractivity contribution in [1.82, 2.24) is 4.98 Å². The number of hydrogen-bond donors (Lipinski definition) is 2. The number of oxime groups is 1. The van der Waals surface area contributed by atoms with Crippen LogP contribution in [0.1, 0.15) is 5.69 Å². The summed E-state index contributed by atoms with van der Waals surface area (Å²) in [6.07, 6.45) is 0. The Balaban J connectivity index is 2.66. The zero-order valence-electron chi connectivity index (χ0n) is 10.5. The summed E-state index contributed by atoms with van der Waals surface area (Å²) in [6.45, 7) is 0. The van der Waals surface area contributed by atoms with Gasteiger partial charge in [-0.2, -0.15) is 0 Å². The number of rotatable bonds is 4. The molecular formula is C13H9N3O5. The van der Waals surface area contributed by atoms with Crippen molar-refractivity contribution < 1.29 is 20.0 Å². The van der Waals surface area contributed by atoms with E-state index in [2.05, 4.69) is 10.1 Å². The van der Waals surface area contributed by atoms with Gasteiger partial charge in [0.25, 0.3) is 5.69 Å². The Kier molecular flexibility index (Phi) is 3.89. The molecule has 0 saturated carbocycles. The van der Waals surface area contributed by atoms with Crippen LogP contribution in [0.4, 0.5) is 5.69 Å². The number of aromatic nitrogens is 1. The van der Waals surface area contributed by atoms with Crippen LogP contribution >= 0.6 is 0 Å². The van der Waals surface area contributed by atoms with Crippen molar-refractivity contribution in [3.63, 3.8) is 0 Å². The average molecular weight is 287 g/mol. The normalized spacial score (nSPS) is 11.1.